The van der Waals surface area contributed by atoms with Gasteiger partial charge >= 0.3 is 0 Å². The first-order valence-electron chi connectivity index (χ1n) is 3.60. The van der Waals surface area contributed by atoms with Gasteiger partial charge in [-0.15, -0.1) is 23.5 Å². The van der Waals surface area contributed by atoms with Gasteiger partial charge in [-0.2, -0.15) is 0 Å². The molecule has 5 heteroatoms. The molecule has 2 nitrogen and oxygen atoms in total. The molecule has 0 unspecified atom stereocenters. The first-order chi connectivity index (χ1) is 5.12. The van der Waals surface area contributed by atoms with Crippen LogP contribution in [0.3, 0.4) is 0 Å². The molecule has 2 heterocycles. The summed E-state index contributed by atoms with van der Waals surface area (Å²) in [6.07, 6.45) is 1.23. The van der Waals surface area contributed by atoms with E-state index >= 15 is 0 Å². The maximum atomic E-state index is 10.9. The van der Waals surface area contributed by atoms with Gasteiger partial charge in [0.05, 0.1) is 15.6 Å². The maximum absolute atomic E-state index is 10.9. The predicted octanol–water partition coefficient (Wildman–Crippen LogP) is 0.981. The lowest BCUT2D eigenvalue weighted by molar-refractivity contribution is 0.577. The molecule has 0 aromatic heterocycles. The number of hydrogen-bond donors (Lipinski definition) is 0. The van der Waals surface area contributed by atoms with Crippen LogP contribution in [0.4, 0.5) is 0 Å². The Hall–Kier alpha value is 0.650. The average molecular weight is 210 g/mol. The Morgan fingerprint density at radius 2 is 1.64 bits per heavy atom. The van der Waals surface area contributed by atoms with Crippen LogP contribution in [0.2, 0.25) is 0 Å². The van der Waals surface area contributed by atoms with Crippen molar-refractivity contribution in [2.75, 3.05) is 23.0 Å². The molecule has 11 heavy (non-hydrogen) atoms. The van der Waals surface area contributed by atoms with Crippen LogP contribution in [0.1, 0.15) is 6.42 Å². The lowest BCUT2D eigenvalue weighted by atomic mass is 10.5. The van der Waals surface area contributed by atoms with Gasteiger partial charge in [0.25, 0.3) is 0 Å². The second-order valence-corrected chi connectivity index (χ2v) is 8.27. The Bertz CT molecular complexity index is 237. The Morgan fingerprint density at radius 3 is 2.09 bits per heavy atom. The summed E-state index contributed by atoms with van der Waals surface area (Å²) < 4.78 is 21.9. The van der Waals surface area contributed by atoms with Crippen molar-refractivity contribution in [3.8, 4) is 0 Å². The highest BCUT2D eigenvalue weighted by molar-refractivity contribution is 8.21. The van der Waals surface area contributed by atoms with Crippen LogP contribution in [0, 0.1) is 0 Å². The third kappa shape index (κ3) is 1.55. The first-order valence-corrected chi connectivity index (χ1v) is 7.40. The van der Waals surface area contributed by atoms with Crippen molar-refractivity contribution >= 4 is 33.4 Å². The van der Waals surface area contributed by atoms with Crippen molar-refractivity contribution in [1.29, 1.82) is 0 Å². The molecule has 0 atom stereocenters. The summed E-state index contributed by atoms with van der Waals surface area (Å²) in [5.41, 5.74) is 0. The number of thioether (sulfide) groups is 2. The van der Waals surface area contributed by atoms with E-state index < -0.39 is 9.84 Å². The summed E-state index contributed by atoms with van der Waals surface area (Å²) in [7, 11) is -2.63. The summed E-state index contributed by atoms with van der Waals surface area (Å²) in [5.74, 6) is 3.11. The molecule has 0 bridgehead atoms. The second kappa shape index (κ2) is 2.57. The van der Waals surface area contributed by atoms with Gasteiger partial charge in [0.1, 0.15) is 0 Å². The van der Waals surface area contributed by atoms with E-state index in [4.69, 9.17) is 0 Å². The molecular weight excluding hydrogens is 200 g/mol. The van der Waals surface area contributed by atoms with Crippen LogP contribution in [-0.4, -0.2) is 35.5 Å². The largest absolute Gasteiger partial charge is 0.229 e. The standard InChI is InChI=1S/C6H10O2S3/c7-11(8)4-6(5-11)9-2-1-3-10-6/h1-5H2. The van der Waals surface area contributed by atoms with E-state index in [1.807, 2.05) is 23.5 Å². The number of hydrogen-bond acceptors (Lipinski definition) is 4. The first kappa shape index (κ1) is 8.26. The predicted molar refractivity (Wildman–Crippen MR) is 50.9 cm³/mol. The SMILES string of the molecule is O=S1(=O)CC2(C1)SCCCS2. The minimum atomic E-state index is -2.63. The smallest absolute Gasteiger partial charge is 0.154 e. The Morgan fingerprint density at radius 1 is 1.09 bits per heavy atom. The van der Waals surface area contributed by atoms with E-state index in [2.05, 4.69) is 0 Å². The van der Waals surface area contributed by atoms with Gasteiger partial charge in [0, 0.05) is 0 Å². The molecule has 2 rings (SSSR count). The van der Waals surface area contributed by atoms with E-state index in [0.29, 0.717) is 11.5 Å². The van der Waals surface area contributed by atoms with Crippen molar-refractivity contribution in [1.82, 2.24) is 0 Å². The fraction of sp³-hybridized carbons (Fsp3) is 1.00. The lowest BCUT2D eigenvalue weighted by Gasteiger charge is -2.42. The molecule has 0 amide bonds. The highest BCUT2D eigenvalue weighted by Gasteiger charge is 2.50. The van der Waals surface area contributed by atoms with E-state index in [1.165, 1.54) is 6.42 Å². The van der Waals surface area contributed by atoms with Crippen molar-refractivity contribution < 1.29 is 8.42 Å². The van der Waals surface area contributed by atoms with E-state index in [-0.39, 0.29) is 4.08 Å². The van der Waals surface area contributed by atoms with Gasteiger partial charge in [0.15, 0.2) is 9.84 Å². The van der Waals surface area contributed by atoms with Gasteiger partial charge in [-0.3, -0.25) is 0 Å². The van der Waals surface area contributed by atoms with Crippen LogP contribution in [-0.2, 0) is 9.84 Å². The molecule has 0 aromatic carbocycles. The minimum absolute atomic E-state index is 0.0804. The Balaban J connectivity index is 2.05. The number of rotatable bonds is 0. The molecule has 0 radical (unpaired) electrons. The fourth-order valence-electron chi connectivity index (χ4n) is 1.41. The van der Waals surface area contributed by atoms with E-state index in [1.54, 1.807) is 0 Å². The van der Waals surface area contributed by atoms with Gasteiger partial charge in [-0.1, -0.05) is 0 Å². The molecule has 0 aliphatic carbocycles. The Labute approximate surface area is 75.4 Å². The summed E-state index contributed by atoms with van der Waals surface area (Å²) in [6, 6.07) is 0. The zero-order chi connectivity index (χ0) is 7.95. The molecule has 64 valence electrons. The third-order valence-corrected chi connectivity index (χ3v) is 7.82. The van der Waals surface area contributed by atoms with Gasteiger partial charge in [-0.05, 0) is 17.9 Å². The van der Waals surface area contributed by atoms with E-state index in [0.717, 1.165) is 11.5 Å². The minimum Gasteiger partial charge on any atom is -0.229 e. The molecule has 0 aromatic rings. The van der Waals surface area contributed by atoms with Crippen LogP contribution < -0.4 is 0 Å². The van der Waals surface area contributed by atoms with Crippen molar-refractivity contribution in [2.45, 2.75) is 10.5 Å². The summed E-state index contributed by atoms with van der Waals surface area (Å²) in [5, 5.41) is 0. The highest BCUT2D eigenvalue weighted by Crippen LogP contribution is 2.49. The highest BCUT2D eigenvalue weighted by atomic mass is 32.2. The Kier molecular flexibility index (Phi) is 1.93. The van der Waals surface area contributed by atoms with Crippen LogP contribution in [0.25, 0.3) is 0 Å². The molecule has 2 fully saturated rings. The van der Waals surface area contributed by atoms with Gasteiger partial charge in [0.2, 0.25) is 0 Å². The molecule has 1 spiro atoms. The molecule has 0 N–H and O–H groups in total. The van der Waals surface area contributed by atoms with Crippen molar-refractivity contribution in [2.24, 2.45) is 0 Å². The van der Waals surface area contributed by atoms with Crippen LogP contribution in [0.5, 0.6) is 0 Å². The van der Waals surface area contributed by atoms with Crippen LogP contribution >= 0.6 is 23.5 Å². The third-order valence-electron chi connectivity index (χ3n) is 1.90. The zero-order valence-corrected chi connectivity index (χ0v) is 8.53. The summed E-state index contributed by atoms with van der Waals surface area (Å²) in [6.45, 7) is 0. The molecular formula is C6H10O2S3. The van der Waals surface area contributed by atoms with Crippen molar-refractivity contribution in [3.63, 3.8) is 0 Å². The number of sulfone groups is 1. The van der Waals surface area contributed by atoms with E-state index in [9.17, 15) is 8.42 Å². The second-order valence-electron chi connectivity index (χ2n) is 2.99. The topological polar surface area (TPSA) is 34.1 Å². The maximum Gasteiger partial charge on any atom is 0.154 e. The van der Waals surface area contributed by atoms with Crippen molar-refractivity contribution in [3.05, 3.63) is 0 Å². The monoisotopic (exact) mass is 210 g/mol. The fourth-order valence-corrected chi connectivity index (χ4v) is 8.49. The summed E-state index contributed by atoms with van der Waals surface area (Å²) >= 11 is 3.68. The molecule has 2 saturated heterocycles. The summed E-state index contributed by atoms with van der Waals surface area (Å²) in [4.78, 5) is 0. The normalized spacial score (nSPS) is 33.1. The van der Waals surface area contributed by atoms with Crippen LogP contribution in [0.15, 0.2) is 0 Å². The van der Waals surface area contributed by atoms with Gasteiger partial charge in [-0.25, -0.2) is 8.42 Å². The lowest BCUT2D eigenvalue weighted by Crippen LogP contribution is -2.51. The molecule has 2 aliphatic rings. The zero-order valence-electron chi connectivity index (χ0n) is 6.08. The molecule has 0 saturated carbocycles. The molecule has 2 aliphatic heterocycles. The quantitative estimate of drug-likeness (QED) is 0.597. The average Bonchev–Trinajstić information content (AvgIpc) is 1.85. The van der Waals surface area contributed by atoms with Gasteiger partial charge < -0.3 is 0 Å².